The fourth-order valence-electron chi connectivity index (χ4n) is 2.08. The van der Waals surface area contributed by atoms with Crippen molar-refractivity contribution in [3.8, 4) is 5.75 Å². The maximum atomic E-state index is 12.1. The van der Waals surface area contributed by atoms with Gasteiger partial charge in [0, 0.05) is 19.2 Å². The van der Waals surface area contributed by atoms with Crippen molar-refractivity contribution in [2.24, 2.45) is 4.99 Å². The molecule has 0 atom stereocenters. The lowest BCUT2D eigenvalue weighted by Crippen LogP contribution is -2.14. The Bertz CT molecular complexity index is 733. The van der Waals surface area contributed by atoms with Gasteiger partial charge in [0.05, 0.1) is 10.6 Å². The van der Waals surface area contributed by atoms with E-state index in [0.29, 0.717) is 21.9 Å². The normalized spacial score (nSPS) is 12.0. The molecular formula is C15H16F2N2O2S. The molecule has 0 bridgehead atoms. The minimum Gasteiger partial charge on any atom is -0.435 e. The summed E-state index contributed by atoms with van der Waals surface area (Å²) in [5.74, 6) is 0.0935. The number of nitrogens with zero attached hydrogens (tertiary/aromatic N) is 2. The molecule has 1 aromatic heterocycles. The smallest absolute Gasteiger partial charge is 0.387 e. The second-order valence-corrected chi connectivity index (χ2v) is 5.56. The Kier molecular flexibility index (Phi) is 5.07. The molecule has 0 aliphatic carbocycles. The maximum Gasteiger partial charge on any atom is 0.387 e. The highest BCUT2D eigenvalue weighted by molar-refractivity contribution is 7.11. The van der Waals surface area contributed by atoms with Crippen molar-refractivity contribution in [3.63, 3.8) is 0 Å². The summed E-state index contributed by atoms with van der Waals surface area (Å²) in [5.41, 5.74) is 1.50. The molecule has 0 radical (unpaired) electrons. The van der Waals surface area contributed by atoms with Crippen LogP contribution in [0.2, 0.25) is 0 Å². The summed E-state index contributed by atoms with van der Waals surface area (Å²) in [6.07, 6.45) is 0. The Balaban J connectivity index is 2.40. The first kappa shape index (κ1) is 16.4. The van der Waals surface area contributed by atoms with Crippen molar-refractivity contribution in [3.05, 3.63) is 39.6 Å². The number of rotatable bonds is 5. The molecule has 1 aromatic carbocycles. The molecule has 118 valence electrons. The van der Waals surface area contributed by atoms with Crippen LogP contribution in [0.15, 0.2) is 29.3 Å². The molecule has 0 saturated carbocycles. The van der Waals surface area contributed by atoms with Gasteiger partial charge < -0.3 is 9.30 Å². The summed E-state index contributed by atoms with van der Waals surface area (Å²) in [6.45, 7) is 3.24. The molecule has 7 heteroatoms. The predicted molar refractivity (Wildman–Crippen MR) is 81.0 cm³/mol. The van der Waals surface area contributed by atoms with Crippen molar-refractivity contribution >= 4 is 22.8 Å². The Morgan fingerprint density at radius 2 is 2.00 bits per heavy atom. The predicted octanol–water partition coefficient (Wildman–Crippen LogP) is 3.91. The number of thiazole rings is 1. The monoisotopic (exact) mass is 326 g/mol. The van der Waals surface area contributed by atoms with Gasteiger partial charge in [-0.25, -0.2) is 4.99 Å². The summed E-state index contributed by atoms with van der Waals surface area (Å²) in [4.78, 5) is 17.5. The zero-order valence-electron chi connectivity index (χ0n) is 12.5. The summed E-state index contributed by atoms with van der Waals surface area (Å²) in [7, 11) is 0. The third-order valence-electron chi connectivity index (χ3n) is 3.08. The second-order valence-electron chi connectivity index (χ2n) is 4.58. The number of carbonyl (C=O) groups excluding carboxylic acids is 1. The number of alkyl halides is 2. The Morgan fingerprint density at radius 1 is 1.36 bits per heavy atom. The highest BCUT2D eigenvalue weighted by Crippen LogP contribution is 2.20. The van der Waals surface area contributed by atoms with Crippen LogP contribution in [0.3, 0.4) is 0 Å². The van der Waals surface area contributed by atoms with Crippen LogP contribution >= 0.6 is 11.3 Å². The van der Waals surface area contributed by atoms with Gasteiger partial charge in [0.15, 0.2) is 10.6 Å². The van der Waals surface area contributed by atoms with E-state index in [1.54, 1.807) is 12.1 Å². The Hall–Kier alpha value is -2.02. The number of Topliss-reactive ketones (excluding diaryl/α,β-unsaturated/α-hetero) is 1. The Labute approximate surface area is 130 Å². The van der Waals surface area contributed by atoms with Crippen LogP contribution in [0, 0.1) is 6.92 Å². The van der Waals surface area contributed by atoms with E-state index < -0.39 is 6.61 Å². The van der Waals surface area contributed by atoms with Crippen LogP contribution < -0.4 is 9.54 Å². The summed E-state index contributed by atoms with van der Waals surface area (Å²) in [6, 6.07) is 6.07. The standard InChI is InChI=1S/C15H16F2N2O2S/c1-4-19-9(2)13(10(3)20)22-15(19)18-11-5-7-12(8-6-11)21-14(16)17/h5-8,14H,4H2,1-3H3/b18-15+. The number of benzene rings is 1. The van der Waals surface area contributed by atoms with E-state index in [4.69, 9.17) is 0 Å². The highest BCUT2D eigenvalue weighted by atomic mass is 32.1. The molecule has 2 rings (SSSR count). The van der Waals surface area contributed by atoms with Gasteiger partial charge in [-0.15, -0.1) is 0 Å². The number of hydrogen-bond acceptors (Lipinski definition) is 4. The van der Waals surface area contributed by atoms with Crippen molar-refractivity contribution in [1.82, 2.24) is 4.57 Å². The van der Waals surface area contributed by atoms with Gasteiger partial charge in [0.1, 0.15) is 5.75 Å². The quantitative estimate of drug-likeness (QED) is 0.782. The van der Waals surface area contributed by atoms with Gasteiger partial charge in [-0.3, -0.25) is 4.79 Å². The van der Waals surface area contributed by atoms with E-state index in [1.165, 1.54) is 30.4 Å². The molecule has 0 fully saturated rings. The van der Waals surface area contributed by atoms with Gasteiger partial charge in [-0.1, -0.05) is 11.3 Å². The Morgan fingerprint density at radius 3 is 2.50 bits per heavy atom. The largest absolute Gasteiger partial charge is 0.435 e. The van der Waals surface area contributed by atoms with E-state index in [-0.39, 0.29) is 11.5 Å². The molecule has 0 N–H and O–H groups in total. The minimum absolute atomic E-state index is 0.00633. The SMILES string of the molecule is CCn1c(C)c(C(C)=O)s/c1=N/c1ccc(OC(F)F)cc1. The van der Waals surface area contributed by atoms with E-state index in [2.05, 4.69) is 9.73 Å². The number of halogens is 2. The first-order chi connectivity index (χ1) is 10.4. The van der Waals surface area contributed by atoms with Gasteiger partial charge >= 0.3 is 6.61 Å². The van der Waals surface area contributed by atoms with Gasteiger partial charge in [-0.05, 0) is 38.1 Å². The second kappa shape index (κ2) is 6.83. The maximum absolute atomic E-state index is 12.1. The molecule has 0 saturated heterocycles. The van der Waals surface area contributed by atoms with Crippen LogP contribution in [0.4, 0.5) is 14.5 Å². The van der Waals surface area contributed by atoms with Crippen molar-refractivity contribution in [1.29, 1.82) is 0 Å². The average Bonchev–Trinajstić information content (AvgIpc) is 2.76. The third-order valence-corrected chi connectivity index (χ3v) is 4.36. The highest BCUT2D eigenvalue weighted by Gasteiger charge is 2.12. The van der Waals surface area contributed by atoms with Crippen LogP contribution in [-0.2, 0) is 6.54 Å². The molecule has 0 aliphatic rings. The van der Waals surface area contributed by atoms with Crippen LogP contribution in [0.1, 0.15) is 29.2 Å². The molecule has 1 heterocycles. The lowest BCUT2D eigenvalue weighted by Gasteiger charge is -2.04. The summed E-state index contributed by atoms with van der Waals surface area (Å²) in [5, 5.41) is 0. The van der Waals surface area contributed by atoms with Gasteiger partial charge in [0.25, 0.3) is 0 Å². The van der Waals surface area contributed by atoms with E-state index in [1.807, 2.05) is 18.4 Å². The fourth-order valence-corrected chi connectivity index (χ4v) is 3.19. The van der Waals surface area contributed by atoms with Crippen molar-refractivity contribution in [2.45, 2.75) is 33.9 Å². The summed E-state index contributed by atoms with van der Waals surface area (Å²) >= 11 is 1.32. The number of hydrogen-bond donors (Lipinski definition) is 0. The first-order valence-electron chi connectivity index (χ1n) is 6.73. The number of carbonyl (C=O) groups is 1. The molecule has 2 aromatic rings. The zero-order valence-corrected chi connectivity index (χ0v) is 13.3. The fraction of sp³-hybridized carbons (Fsp3) is 0.333. The molecule has 0 spiro atoms. The number of aromatic nitrogens is 1. The molecule has 0 aliphatic heterocycles. The van der Waals surface area contributed by atoms with E-state index in [9.17, 15) is 13.6 Å². The van der Waals surface area contributed by atoms with Crippen molar-refractivity contribution < 1.29 is 18.3 Å². The summed E-state index contributed by atoms with van der Waals surface area (Å²) < 4.78 is 30.5. The lowest BCUT2D eigenvalue weighted by molar-refractivity contribution is -0.0498. The van der Waals surface area contributed by atoms with Crippen LogP contribution in [-0.4, -0.2) is 17.0 Å². The van der Waals surface area contributed by atoms with Gasteiger partial charge in [0.2, 0.25) is 0 Å². The van der Waals surface area contributed by atoms with Crippen LogP contribution in [0.5, 0.6) is 5.75 Å². The van der Waals surface area contributed by atoms with Gasteiger partial charge in [-0.2, -0.15) is 8.78 Å². The molecule has 0 amide bonds. The molecule has 4 nitrogen and oxygen atoms in total. The molecule has 22 heavy (non-hydrogen) atoms. The zero-order chi connectivity index (χ0) is 16.3. The lowest BCUT2D eigenvalue weighted by atomic mass is 10.3. The third kappa shape index (κ3) is 3.59. The van der Waals surface area contributed by atoms with Crippen LogP contribution in [0.25, 0.3) is 0 Å². The molecular weight excluding hydrogens is 310 g/mol. The number of ketones is 1. The molecule has 0 unspecified atom stereocenters. The van der Waals surface area contributed by atoms with E-state index in [0.717, 1.165) is 5.69 Å². The topological polar surface area (TPSA) is 43.6 Å². The van der Waals surface area contributed by atoms with E-state index >= 15 is 0 Å². The average molecular weight is 326 g/mol. The minimum atomic E-state index is -2.84. The van der Waals surface area contributed by atoms with Crippen molar-refractivity contribution in [2.75, 3.05) is 0 Å². The number of ether oxygens (including phenoxy) is 1. The first-order valence-corrected chi connectivity index (χ1v) is 7.54.